The molecule has 0 heterocycles. The van der Waals surface area contributed by atoms with Crippen molar-refractivity contribution in [2.75, 3.05) is 0 Å². The van der Waals surface area contributed by atoms with E-state index in [1.54, 1.807) is 0 Å². The molecule has 0 amide bonds. The lowest BCUT2D eigenvalue weighted by Crippen LogP contribution is -2.08. The van der Waals surface area contributed by atoms with Crippen LogP contribution in [0.25, 0.3) is 89.0 Å². The largest absolute Gasteiger partial charge is 0.0708 e. The highest BCUT2D eigenvalue weighted by Crippen LogP contribution is 2.49. The monoisotopic (exact) mass is 802 g/mol. The molecule has 0 atom stereocenters. The van der Waals surface area contributed by atoms with Gasteiger partial charge in [0.15, 0.2) is 0 Å². The first kappa shape index (κ1) is 38.9. The molecular weight excluding hydrogens is 753 g/mol. The first-order valence-corrected chi connectivity index (χ1v) is 25.6. The summed E-state index contributed by atoms with van der Waals surface area (Å²) in [7, 11) is -0.516. The summed E-state index contributed by atoms with van der Waals surface area (Å²) < 4.78 is 0. The van der Waals surface area contributed by atoms with E-state index >= 15 is 0 Å². The average Bonchev–Trinajstić information content (AvgIpc) is 3.32. The Morgan fingerprint density at radius 1 is 0.233 bits per heavy atom. The molecule has 0 unspecified atom stereocenters. The predicted octanol–water partition coefficient (Wildman–Crippen LogP) is 13.3. The normalized spacial score (nSPS) is 11.5. The third-order valence-corrected chi connectivity index (χ3v) is 14.7. The molecule has 9 aromatic rings. The van der Waals surface area contributed by atoms with E-state index in [4.69, 9.17) is 0 Å². The van der Waals surface area contributed by atoms with Crippen LogP contribution in [0.5, 0.6) is 0 Å². The van der Waals surface area contributed by atoms with Crippen LogP contribution in [0.4, 0.5) is 0 Å². The summed E-state index contributed by atoms with van der Waals surface area (Å²) >= 11 is 0. The molecule has 0 aliphatic carbocycles. The minimum Gasteiger partial charge on any atom is -0.0708 e. The molecule has 0 nitrogen and oxygen atoms in total. The van der Waals surface area contributed by atoms with Crippen molar-refractivity contribution in [1.29, 1.82) is 0 Å². The lowest BCUT2D eigenvalue weighted by atomic mass is 9.80. The minimum absolute atomic E-state index is 0.258. The van der Waals surface area contributed by atoms with Gasteiger partial charge in [0.1, 0.15) is 0 Å². The Hall–Kier alpha value is -6.59. The lowest BCUT2D eigenvalue weighted by Gasteiger charge is -2.23. The molecule has 0 saturated heterocycles. The van der Waals surface area contributed by atoms with Gasteiger partial charge in [0.25, 0.3) is 0 Å². The van der Waals surface area contributed by atoms with Gasteiger partial charge in [0.2, 0.25) is 0 Å². The second kappa shape index (κ2) is 17.3. The molecule has 0 N–H and O–H groups in total. The summed E-state index contributed by atoms with van der Waals surface area (Å²) in [5.41, 5.74) is 22.1. The van der Waals surface area contributed by atoms with E-state index in [1.807, 2.05) is 0 Å². The van der Waals surface area contributed by atoms with Gasteiger partial charge in [-0.2, -0.15) is 0 Å². The Balaban J connectivity index is 1.41. The summed E-state index contributed by atoms with van der Waals surface area (Å²) in [5, 5.41) is 2.96. The van der Waals surface area contributed by atoms with Gasteiger partial charge in [-0.25, -0.2) is 0 Å². The Morgan fingerprint density at radius 3 is 0.683 bits per heavy atom. The van der Waals surface area contributed by atoms with Crippen LogP contribution in [0.1, 0.15) is 11.1 Å². The summed E-state index contributed by atoms with van der Waals surface area (Å²) in [6.07, 6.45) is 0. The third-order valence-electron chi connectivity index (χ3n) is 12.1. The first-order chi connectivity index (χ1) is 29.5. The van der Waals surface area contributed by atoms with E-state index in [-0.39, 0.29) is 19.0 Å². The Morgan fingerprint density at radius 2 is 0.450 bits per heavy atom. The van der Waals surface area contributed by atoms with Crippen molar-refractivity contribution in [2.45, 2.75) is 26.9 Å². The Kier molecular flexibility index (Phi) is 11.2. The third kappa shape index (κ3) is 7.80. The van der Waals surface area contributed by atoms with Gasteiger partial charge in [0, 0.05) is 0 Å². The van der Waals surface area contributed by atoms with E-state index in [9.17, 15) is 0 Å². The van der Waals surface area contributed by atoms with Gasteiger partial charge in [-0.05, 0) is 115 Å². The fraction of sp³-hybridized carbons (Fsp3) is 0.0690. The highest BCUT2D eigenvalue weighted by atomic mass is 28.2. The lowest BCUT2D eigenvalue weighted by molar-refractivity contribution is 1.46. The topological polar surface area (TPSA) is 0 Å². The fourth-order valence-electron chi connectivity index (χ4n) is 8.68. The number of rotatable bonds is 10. The van der Waals surface area contributed by atoms with Crippen molar-refractivity contribution in [3.63, 3.8) is 0 Å². The molecule has 9 aromatic carbocycles. The molecule has 0 bridgehead atoms. The van der Waals surface area contributed by atoms with Crippen LogP contribution in [-0.2, 0) is 0 Å². The zero-order chi connectivity index (χ0) is 41.0. The van der Waals surface area contributed by atoms with Crippen molar-refractivity contribution in [2.24, 2.45) is 0 Å². The summed E-state index contributed by atoms with van der Waals surface area (Å²) in [4.78, 5) is 0. The fourth-order valence-corrected chi connectivity index (χ4v) is 10.1. The summed E-state index contributed by atoms with van der Waals surface area (Å²) in [6.45, 7) is 9.04. The zero-order valence-electron chi connectivity index (χ0n) is 35.0. The quantitative estimate of drug-likeness (QED) is 0.121. The van der Waals surface area contributed by atoms with Crippen LogP contribution in [0, 0.1) is 13.8 Å². The Bertz CT molecular complexity index is 2720. The van der Waals surface area contributed by atoms with Crippen molar-refractivity contribution < 1.29 is 0 Å². The van der Waals surface area contributed by atoms with Crippen molar-refractivity contribution in [1.82, 2.24) is 0 Å². The van der Waals surface area contributed by atoms with Gasteiger partial charge in [-0.15, -0.1) is 0 Å². The number of aryl methyl sites for hydroxylation is 2. The van der Waals surface area contributed by atoms with Crippen LogP contribution in [0.2, 0.25) is 13.1 Å². The van der Waals surface area contributed by atoms with Crippen LogP contribution in [0.3, 0.4) is 0 Å². The van der Waals surface area contributed by atoms with Crippen molar-refractivity contribution >= 4 is 29.4 Å². The number of hydrogen-bond donors (Lipinski definition) is 0. The Labute approximate surface area is 360 Å². The SMILES string of the molecule is C[SiH2]c1ccc(-c2ccccc2-c2cc(-c3ccccc3-c3ccc(C)cc3)c(-c3ccccc3-c3ccc(C)cc3)cc2-c2ccccc2-c2ccc([SiH2]C)cc2)cc1. The van der Waals surface area contributed by atoms with Crippen LogP contribution in [0.15, 0.2) is 206 Å². The molecule has 0 saturated carbocycles. The maximum Gasteiger partial charge on any atom is 0.0517 e. The maximum absolute atomic E-state index is 2.51. The molecule has 0 radical (unpaired) electrons. The smallest absolute Gasteiger partial charge is 0.0517 e. The molecule has 290 valence electrons. The molecule has 0 fully saturated rings. The molecule has 2 heteroatoms. The van der Waals surface area contributed by atoms with Gasteiger partial charge < -0.3 is 0 Å². The molecule has 0 aliphatic rings. The maximum atomic E-state index is 2.51. The van der Waals surface area contributed by atoms with E-state index in [2.05, 4.69) is 233 Å². The molecule has 0 aromatic heterocycles. The molecular formula is C58H50Si2. The zero-order valence-corrected chi connectivity index (χ0v) is 37.9. The number of benzene rings is 9. The van der Waals surface area contributed by atoms with Crippen LogP contribution in [-0.4, -0.2) is 19.0 Å². The second-order valence-electron chi connectivity index (χ2n) is 16.0. The van der Waals surface area contributed by atoms with E-state index < -0.39 is 0 Å². The second-order valence-corrected chi connectivity index (χ2v) is 19.0. The average molecular weight is 803 g/mol. The van der Waals surface area contributed by atoms with Crippen molar-refractivity contribution in [3.05, 3.63) is 217 Å². The highest BCUT2D eigenvalue weighted by molar-refractivity contribution is 6.52. The van der Waals surface area contributed by atoms with E-state index in [0.29, 0.717) is 0 Å². The van der Waals surface area contributed by atoms with Gasteiger partial charge >= 0.3 is 0 Å². The molecule has 0 aliphatic heterocycles. The van der Waals surface area contributed by atoms with Crippen molar-refractivity contribution in [3.8, 4) is 89.0 Å². The van der Waals surface area contributed by atoms with Gasteiger partial charge in [-0.1, -0.05) is 229 Å². The van der Waals surface area contributed by atoms with Crippen LogP contribution < -0.4 is 10.4 Å². The predicted molar refractivity (Wildman–Crippen MR) is 267 cm³/mol. The standard InChI is InChI=1S/C58H50Si2/c1-39-21-25-41(26-22-39)47-13-5-9-17-51(47)55-37-57(53-19-11-7-15-49(53)43-29-33-45(59-3)34-30-43)58(54-20-12-8-16-50(54)44-31-35-46(60-4)36-32-44)38-56(55)52-18-10-6-14-48(52)42-27-23-40(2)24-28-42/h5-38H,59-60H2,1-4H3. The summed E-state index contributed by atoms with van der Waals surface area (Å²) in [6, 6.07) is 77.7. The highest BCUT2D eigenvalue weighted by Gasteiger charge is 2.23. The molecule has 9 rings (SSSR count). The molecule has 0 spiro atoms. The van der Waals surface area contributed by atoms with Crippen LogP contribution >= 0.6 is 0 Å². The molecule has 60 heavy (non-hydrogen) atoms. The summed E-state index contributed by atoms with van der Waals surface area (Å²) in [5.74, 6) is 0. The first-order valence-electron chi connectivity index (χ1n) is 21.4. The van der Waals surface area contributed by atoms with Gasteiger partial charge in [0.05, 0.1) is 19.0 Å². The van der Waals surface area contributed by atoms with Gasteiger partial charge in [-0.3, -0.25) is 0 Å². The minimum atomic E-state index is -0.258. The van der Waals surface area contributed by atoms with E-state index in [1.165, 1.54) is 111 Å². The number of hydrogen-bond acceptors (Lipinski definition) is 0. The van der Waals surface area contributed by atoms with E-state index in [0.717, 1.165) is 0 Å².